The van der Waals surface area contributed by atoms with E-state index in [1.807, 2.05) is 19.1 Å². The van der Waals surface area contributed by atoms with Crippen LogP contribution in [0.4, 0.5) is 16.2 Å². The van der Waals surface area contributed by atoms with Gasteiger partial charge in [0.25, 0.3) is 0 Å². The second-order valence-corrected chi connectivity index (χ2v) is 12.9. The molecule has 2 aromatic rings. The number of fused-ring (bicyclic) bond motifs is 2. The van der Waals surface area contributed by atoms with Crippen LogP contribution in [-0.2, 0) is 14.9 Å². The van der Waals surface area contributed by atoms with Gasteiger partial charge in [-0.25, -0.2) is 4.79 Å². The number of nitrogens with zero attached hydrogens (tertiary/aromatic N) is 1. The van der Waals surface area contributed by atoms with Crippen LogP contribution in [0.5, 0.6) is 0 Å². The van der Waals surface area contributed by atoms with Gasteiger partial charge in [-0.15, -0.1) is 4.40 Å². The van der Waals surface area contributed by atoms with Crippen molar-refractivity contribution < 1.29 is 28.5 Å². The Kier molecular flexibility index (Phi) is 7.11. The fraction of sp³-hybridized carbons (Fsp3) is 0.393. The van der Waals surface area contributed by atoms with Crippen molar-refractivity contribution in [1.29, 1.82) is 0 Å². The van der Waals surface area contributed by atoms with Gasteiger partial charge in [0.15, 0.2) is 11.6 Å². The molecule has 5 N–H and O–H groups in total. The Labute approximate surface area is 224 Å². The summed E-state index contributed by atoms with van der Waals surface area (Å²) in [5, 5.41) is 16.8. The normalized spacial score (nSPS) is 21.2. The fourth-order valence-electron chi connectivity index (χ4n) is 4.64. The molecule has 0 radical (unpaired) electrons. The Bertz CT molecular complexity index is 1360. The van der Waals surface area contributed by atoms with Crippen LogP contribution in [0.1, 0.15) is 65.5 Å². The van der Waals surface area contributed by atoms with E-state index in [4.69, 9.17) is 4.74 Å². The zero-order valence-electron chi connectivity index (χ0n) is 22.5. The summed E-state index contributed by atoms with van der Waals surface area (Å²) in [5.74, 6) is -0.358. The number of aliphatic hydroxyl groups excluding tert-OH is 1. The molecular weight excluding hydrogens is 506 g/mol. The summed E-state index contributed by atoms with van der Waals surface area (Å²) in [4.78, 5) is 26.2. The number of rotatable bonds is 5. The van der Waals surface area contributed by atoms with Crippen molar-refractivity contribution in [1.82, 2.24) is 0 Å². The van der Waals surface area contributed by atoms with Gasteiger partial charge in [0.1, 0.15) is 21.8 Å². The molecule has 204 valence electrons. The average Bonchev–Trinajstić information content (AvgIpc) is 2.80. The number of carbonyl (C=O) groups is 2. The molecular formula is C28H35N3O6S. The number of hydrogen-bond donors (Lipinski definition) is 5. The van der Waals surface area contributed by atoms with Crippen LogP contribution in [0, 0.1) is 5.92 Å². The molecule has 1 aliphatic carbocycles. The van der Waals surface area contributed by atoms with Crippen molar-refractivity contribution in [3.63, 3.8) is 0 Å². The minimum atomic E-state index is -3.79. The van der Waals surface area contributed by atoms with E-state index < -0.39 is 27.9 Å². The highest BCUT2D eigenvalue weighted by Crippen LogP contribution is 2.57. The molecule has 0 saturated heterocycles. The molecule has 0 bridgehead atoms. The first-order chi connectivity index (χ1) is 17.6. The third-order valence-corrected chi connectivity index (χ3v) is 7.96. The molecule has 10 heteroatoms. The number of amidine groups is 1. The zero-order valence-corrected chi connectivity index (χ0v) is 23.3. The van der Waals surface area contributed by atoms with Crippen molar-refractivity contribution >= 4 is 45.6 Å². The molecule has 0 spiro atoms. The van der Waals surface area contributed by atoms with Crippen LogP contribution in [0.15, 0.2) is 57.3 Å². The van der Waals surface area contributed by atoms with Gasteiger partial charge >= 0.3 is 6.09 Å². The monoisotopic (exact) mass is 541 g/mol. The molecule has 9 nitrogen and oxygen atoms in total. The van der Waals surface area contributed by atoms with E-state index in [0.717, 1.165) is 12.0 Å². The van der Waals surface area contributed by atoms with Crippen molar-refractivity contribution in [3.8, 4) is 0 Å². The molecule has 1 amide bonds. The lowest BCUT2D eigenvalue weighted by atomic mass is 9.66. The molecule has 38 heavy (non-hydrogen) atoms. The van der Waals surface area contributed by atoms with Gasteiger partial charge in [-0.1, -0.05) is 48.9 Å². The van der Waals surface area contributed by atoms with E-state index >= 15 is 0 Å². The lowest BCUT2D eigenvalue weighted by molar-refractivity contribution is -0.120. The van der Waals surface area contributed by atoms with Crippen molar-refractivity contribution in [3.05, 3.63) is 59.2 Å². The van der Waals surface area contributed by atoms with Gasteiger partial charge < -0.3 is 15.2 Å². The number of ketones is 1. The second-order valence-electron chi connectivity index (χ2n) is 11.3. The summed E-state index contributed by atoms with van der Waals surface area (Å²) in [5.41, 5.74) is 0.0931. The molecule has 1 atom stereocenters. The van der Waals surface area contributed by atoms with E-state index in [2.05, 4.69) is 28.9 Å². The lowest BCUT2D eigenvalue weighted by Gasteiger charge is -2.39. The number of hydrogen-bond acceptors (Lipinski definition) is 8. The smallest absolute Gasteiger partial charge is 0.412 e. The number of Topliss-reactive ketones (excluding diaryl/α,β-unsaturated/α-hetero) is 1. The summed E-state index contributed by atoms with van der Waals surface area (Å²) in [7, 11) is -3.79. The maximum atomic E-state index is 14.0. The largest absolute Gasteiger partial charge is 0.506 e. The van der Waals surface area contributed by atoms with Gasteiger partial charge in [0.2, 0.25) is 0 Å². The number of amides is 1. The van der Waals surface area contributed by atoms with Crippen molar-refractivity contribution in [2.24, 2.45) is 10.3 Å². The minimum Gasteiger partial charge on any atom is -0.506 e. The highest BCUT2D eigenvalue weighted by molar-refractivity contribution is 8.23. The van der Waals surface area contributed by atoms with E-state index in [9.17, 15) is 23.8 Å². The molecule has 4 rings (SSSR count). The molecule has 0 saturated carbocycles. The van der Waals surface area contributed by atoms with Gasteiger partial charge in [0.05, 0.1) is 11.1 Å². The molecule has 0 aromatic heterocycles. The van der Waals surface area contributed by atoms with E-state index in [0.29, 0.717) is 23.6 Å². The second kappa shape index (κ2) is 9.76. The highest BCUT2D eigenvalue weighted by atomic mass is 32.3. The summed E-state index contributed by atoms with van der Waals surface area (Å²) in [6.45, 7) is 11.2. The Morgan fingerprint density at radius 1 is 1.18 bits per heavy atom. The molecule has 0 unspecified atom stereocenters. The Balaban J connectivity index is 1.73. The van der Waals surface area contributed by atoms with E-state index in [1.165, 1.54) is 6.07 Å². The Hall–Kier alpha value is -3.34. The first-order valence-corrected chi connectivity index (χ1v) is 14.0. The third kappa shape index (κ3) is 5.29. The third-order valence-electron chi connectivity index (χ3n) is 6.59. The van der Waals surface area contributed by atoms with Crippen LogP contribution in [0.25, 0.3) is 5.76 Å². The van der Waals surface area contributed by atoms with Gasteiger partial charge in [-0.2, -0.15) is 0 Å². The first-order valence-electron chi connectivity index (χ1n) is 12.5. The number of ether oxygens (including phenoxy) is 1. The topological polar surface area (TPSA) is 140 Å². The highest BCUT2D eigenvalue weighted by Gasteiger charge is 2.46. The number of carbonyl (C=O) groups excluding carboxylic acids is 2. The number of nitrogens with one attached hydrogen (secondary N) is 2. The van der Waals surface area contributed by atoms with Gasteiger partial charge in [-0.05, 0) is 70.2 Å². The van der Waals surface area contributed by atoms with Crippen LogP contribution < -0.4 is 10.6 Å². The first kappa shape index (κ1) is 27.7. The zero-order chi connectivity index (χ0) is 28.0. The Morgan fingerprint density at radius 2 is 1.87 bits per heavy atom. The summed E-state index contributed by atoms with van der Waals surface area (Å²) >= 11 is 0. The van der Waals surface area contributed by atoms with Gasteiger partial charge in [0, 0.05) is 11.3 Å². The van der Waals surface area contributed by atoms with Crippen molar-refractivity contribution in [2.45, 2.75) is 70.3 Å². The van der Waals surface area contributed by atoms with Gasteiger partial charge in [-0.3, -0.25) is 19.2 Å². The predicted molar refractivity (Wildman–Crippen MR) is 151 cm³/mol. The van der Waals surface area contributed by atoms with Crippen LogP contribution in [0.2, 0.25) is 0 Å². The standard InChI is InChI=1S/C28H35N3O6S/c1-16(2)13-14-28(6)19-10-8-7-9-18(19)23(32)22(24(28)33)25-30-20-12-11-17(15-21(20)38(35,36)31-25)29-26(34)37-27(3,4)5/h7-12,15-16,32,35-36H,13-14H2,1-6H3,(H,29,34)(H,30,31)/t28-/m1/s1. The maximum absolute atomic E-state index is 14.0. The molecule has 2 aliphatic rings. The number of benzene rings is 2. The summed E-state index contributed by atoms with van der Waals surface area (Å²) in [6.07, 6.45) is 0.650. The Morgan fingerprint density at radius 3 is 2.53 bits per heavy atom. The van der Waals surface area contributed by atoms with Crippen LogP contribution in [0.3, 0.4) is 0 Å². The molecule has 2 aromatic carbocycles. The lowest BCUT2D eigenvalue weighted by Crippen LogP contribution is -2.42. The number of aliphatic hydroxyl groups is 1. The van der Waals surface area contributed by atoms with Crippen molar-refractivity contribution in [2.75, 3.05) is 10.6 Å². The molecule has 1 aliphatic heterocycles. The van der Waals surface area contributed by atoms with E-state index in [1.54, 1.807) is 45.0 Å². The summed E-state index contributed by atoms with van der Waals surface area (Å²) in [6, 6.07) is 11.7. The average molecular weight is 542 g/mol. The minimum absolute atomic E-state index is 0.0427. The SMILES string of the molecule is CC(C)CC[C@@]1(C)C(=O)C(C2=NS(O)(O)c3cc(NC(=O)OC(C)(C)C)ccc3N2)=C(O)c2ccccc21. The van der Waals surface area contributed by atoms with Crippen LogP contribution >= 0.6 is 10.8 Å². The van der Waals surface area contributed by atoms with Crippen LogP contribution in [-0.4, -0.2) is 37.5 Å². The predicted octanol–water partition coefficient (Wildman–Crippen LogP) is 7.13. The number of anilines is 2. The summed E-state index contributed by atoms with van der Waals surface area (Å²) < 4.78 is 31.4. The molecule has 0 fully saturated rings. The van der Waals surface area contributed by atoms with E-state index in [-0.39, 0.29) is 33.5 Å². The fourth-order valence-corrected chi connectivity index (χ4v) is 5.83. The molecule has 1 heterocycles. The maximum Gasteiger partial charge on any atom is 0.412 e. The quantitative estimate of drug-likeness (QED) is 0.271.